The van der Waals surface area contributed by atoms with Crippen molar-refractivity contribution in [3.63, 3.8) is 0 Å². The Morgan fingerprint density at radius 3 is 3.13 bits per heavy atom. The largest absolute Gasteiger partial charge is 0.373 e. The van der Waals surface area contributed by atoms with Crippen molar-refractivity contribution in [3.05, 3.63) is 29.6 Å². The number of anilines is 1. The van der Waals surface area contributed by atoms with Crippen LogP contribution in [0.3, 0.4) is 0 Å². The molecule has 5 nitrogen and oxygen atoms in total. The van der Waals surface area contributed by atoms with Gasteiger partial charge in [0.15, 0.2) is 5.82 Å². The van der Waals surface area contributed by atoms with Crippen LogP contribution in [0.25, 0.3) is 5.69 Å². The first-order valence-corrected chi connectivity index (χ1v) is 4.92. The van der Waals surface area contributed by atoms with E-state index >= 15 is 0 Å². The highest BCUT2D eigenvalue weighted by Gasteiger charge is 2.24. The molecule has 76 valence electrons. The van der Waals surface area contributed by atoms with Gasteiger partial charge in [-0.3, -0.25) is 0 Å². The Bertz CT molecular complexity index is 516. The number of hydrogen-bond acceptors (Lipinski definition) is 4. The standard InChI is InChI=1S/C10H11N5/c1-6-4-3-5-8-9(6)11-7(2)10-12-13-14-15(8)10/h3-5,7,11H,1-2H3. The van der Waals surface area contributed by atoms with E-state index in [2.05, 4.69) is 40.8 Å². The molecule has 5 heteroatoms. The maximum Gasteiger partial charge on any atom is 0.178 e. The summed E-state index contributed by atoms with van der Waals surface area (Å²) < 4.78 is 1.80. The van der Waals surface area contributed by atoms with Crippen LogP contribution >= 0.6 is 0 Å². The van der Waals surface area contributed by atoms with Crippen molar-refractivity contribution < 1.29 is 0 Å². The van der Waals surface area contributed by atoms with Crippen LogP contribution < -0.4 is 5.32 Å². The van der Waals surface area contributed by atoms with Gasteiger partial charge in [-0.25, -0.2) is 0 Å². The second-order valence-corrected chi connectivity index (χ2v) is 3.78. The lowest BCUT2D eigenvalue weighted by molar-refractivity contribution is 0.693. The zero-order chi connectivity index (χ0) is 10.4. The van der Waals surface area contributed by atoms with E-state index in [1.165, 1.54) is 5.56 Å². The minimum Gasteiger partial charge on any atom is -0.373 e. The zero-order valence-electron chi connectivity index (χ0n) is 8.60. The third-order valence-electron chi connectivity index (χ3n) is 2.72. The van der Waals surface area contributed by atoms with Gasteiger partial charge < -0.3 is 5.32 Å². The maximum atomic E-state index is 4.01. The predicted octanol–water partition coefficient (Wildman–Crippen LogP) is 1.46. The minimum absolute atomic E-state index is 0.147. The number of rotatable bonds is 0. The third kappa shape index (κ3) is 1.06. The molecule has 2 aromatic rings. The Kier molecular flexibility index (Phi) is 1.56. The summed E-state index contributed by atoms with van der Waals surface area (Å²) in [7, 11) is 0. The van der Waals surface area contributed by atoms with E-state index in [1.54, 1.807) is 4.68 Å². The minimum atomic E-state index is 0.147. The second kappa shape index (κ2) is 2.79. The van der Waals surface area contributed by atoms with Crippen molar-refractivity contribution in [1.82, 2.24) is 20.2 Å². The Hall–Kier alpha value is -1.91. The summed E-state index contributed by atoms with van der Waals surface area (Å²) in [5.41, 5.74) is 3.35. The van der Waals surface area contributed by atoms with Crippen LogP contribution in [-0.2, 0) is 0 Å². The van der Waals surface area contributed by atoms with Crippen LogP contribution in [0.4, 0.5) is 5.69 Å². The first kappa shape index (κ1) is 8.40. The SMILES string of the molecule is Cc1cccc2c1NC(C)c1nnnn1-2. The number of nitrogens with zero attached hydrogens (tertiary/aromatic N) is 4. The van der Waals surface area contributed by atoms with Gasteiger partial charge in [-0.2, -0.15) is 4.68 Å². The molecule has 0 aliphatic carbocycles. The number of benzene rings is 1. The molecule has 1 atom stereocenters. The van der Waals surface area contributed by atoms with Gasteiger partial charge in [0.25, 0.3) is 0 Å². The molecule has 0 bridgehead atoms. The van der Waals surface area contributed by atoms with E-state index in [9.17, 15) is 0 Å². The first-order valence-electron chi connectivity index (χ1n) is 4.92. The topological polar surface area (TPSA) is 55.6 Å². The summed E-state index contributed by atoms with van der Waals surface area (Å²) in [5, 5.41) is 15.1. The zero-order valence-corrected chi connectivity index (χ0v) is 8.60. The summed E-state index contributed by atoms with van der Waals surface area (Å²) in [6.07, 6.45) is 0. The predicted molar refractivity (Wildman–Crippen MR) is 55.9 cm³/mol. The summed E-state index contributed by atoms with van der Waals surface area (Å²) in [6, 6.07) is 6.25. The highest BCUT2D eigenvalue weighted by atomic mass is 15.6. The fourth-order valence-electron chi connectivity index (χ4n) is 1.93. The molecule has 0 fully saturated rings. The summed E-state index contributed by atoms with van der Waals surface area (Å²) >= 11 is 0. The molecule has 1 aromatic heterocycles. The van der Waals surface area contributed by atoms with E-state index in [0.29, 0.717) is 0 Å². The number of hydrogen-bond donors (Lipinski definition) is 1. The quantitative estimate of drug-likeness (QED) is 0.701. The summed E-state index contributed by atoms with van der Waals surface area (Å²) in [6.45, 7) is 4.13. The van der Waals surface area contributed by atoms with Gasteiger partial charge in [0.2, 0.25) is 0 Å². The number of aryl methyl sites for hydroxylation is 1. The van der Waals surface area contributed by atoms with Gasteiger partial charge in [-0.1, -0.05) is 12.1 Å². The molecule has 0 radical (unpaired) electrons. The van der Waals surface area contributed by atoms with Crippen LogP contribution in [0.15, 0.2) is 18.2 Å². The molecule has 1 aliphatic heterocycles. The van der Waals surface area contributed by atoms with E-state index in [0.717, 1.165) is 17.2 Å². The second-order valence-electron chi connectivity index (χ2n) is 3.78. The average Bonchev–Trinajstić information content (AvgIpc) is 2.69. The van der Waals surface area contributed by atoms with Crippen LogP contribution in [-0.4, -0.2) is 20.2 Å². The van der Waals surface area contributed by atoms with Crippen molar-refractivity contribution in [2.24, 2.45) is 0 Å². The van der Waals surface area contributed by atoms with Crippen LogP contribution in [0.5, 0.6) is 0 Å². The van der Waals surface area contributed by atoms with E-state index in [-0.39, 0.29) is 6.04 Å². The monoisotopic (exact) mass is 201 g/mol. The number of aromatic nitrogens is 4. The molecule has 0 spiro atoms. The molecular weight excluding hydrogens is 190 g/mol. The van der Waals surface area contributed by atoms with Crippen molar-refractivity contribution in [2.45, 2.75) is 19.9 Å². The average molecular weight is 201 g/mol. The van der Waals surface area contributed by atoms with Crippen LogP contribution in [0.2, 0.25) is 0 Å². The third-order valence-corrected chi connectivity index (χ3v) is 2.72. The lowest BCUT2D eigenvalue weighted by Gasteiger charge is -2.24. The smallest absolute Gasteiger partial charge is 0.178 e. The van der Waals surface area contributed by atoms with Gasteiger partial charge in [0.05, 0.1) is 17.4 Å². The molecule has 1 aromatic carbocycles. The van der Waals surface area contributed by atoms with Crippen molar-refractivity contribution >= 4 is 5.69 Å². The van der Waals surface area contributed by atoms with E-state index in [4.69, 9.17) is 0 Å². The van der Waals surface area contributed by atoms with E-state index < -0.39 is 0 Å². The molecule has 2 heterocycles. The molecule has 1 N–H and O–H groups in total. The number of tetrazole rings is 1. The van der Waals surface area contributed by atoms with Crippen LogP contribution in [0.1, 0.15) is 24.4 Å². The van der Waals surface area contributed by atoms with Crippen molar-refractivity contribution in [3.8, 4) is 5.69 Å². The van der Waals surface area contributed by atoms with Crippen LogP contribution in [0, 0.1) is 6.92 Å². The first-order chi connectivity index (χ1) is 7.27. The fraction of sp³-hybridized carbons (Fsp3) is 0.300. The van der Waals surface area contributed by atoms with Gasteiger partial charge in [-0.15, -0.1) is 5.10 Å². The molecule has 0 saturated heterocycles. The lowest BCUT2D eigenvalue weighted by atomic mass is 10.1. The lowest BCUT2D eigenvalue weighted by Crippen LogP contribution is -2.21. The molecule has 15 heavy (non-hydrogen) atoms. The summed E-state index contributed by atoms with van der Waals surface area (Å²) in [5.74, 6) is 0.855. The molecule has 1 aliphatic rings. The van der Waals surface area contributed by atoms with Gasteiger partial charge >= 0.3 is 0 Å². The van der Waals surface area contributed by atoms with Gasteiger partial charge in [0.1, 0.15) is 0 Å². The summed E-state index contributed by atoms with van der Waals surface area (Å²) in [4.78, 5) is 0. The molecule has 0 saturated carbocycles. The maximum absolute atomic E-state index is 4.01. The van der Waals surface area contributed by atoms with Crippen molar-refractivity contribution in [1.29, 1.82) is 0 Å². The van der Waals surface area contributed by atoms with Gasteiger partial charge in [0, 0.05) is 0 Å². The Morgan fingerprint density at radius 1 is 1.40 bits per heavy atom. The fourth-order valence-corrected chi connectivity index (χ4v) is 1.93. The number of fused-ring (bicyclic) bond motifs is 3. The molecular formula is C10H11N5. The molecule has 3 rings (SSSR count). The molecule has 0 amide bonds. The highest BCUT2D eigenvalue weighted by molar-refractivity contribution is 5.67. The number of para-hydroxylation sites is 1. The number of nitrogens with one attached hydrogen (secondary N) is 1. The van der Waals surface area contributed by atoms with Gasteiger partial charge in [-0.05, 0) is 35.9 Å². The highest BCUT2D eigenvalue weighted by Crippen LogP contribution is 2.32. The Labute approximate surface area is 87.1 Å². The Morgan fingerprint density at radius 2 is 2.27 bits per heavy atom. The Balaban J connectivity index is 2.31. The normalized spacial score (nSPS) is 17.9. The van der Waals surface area contributed by atoms with Crippen molar-refractivity contribution in [2.75, 3.05) is 5.32 Å². The van der Waals surface area contributed by atoms with E-state index in [1.807, 2.05) is 12.1 Å². The molecule has 1 unspecified atom stereocenters.